The van der Waals surface area contributed by atoms with Gasteiger partial charge in [0.1, 0.15) is 17.1 Å². The maximum atomic E-state index is 12.2. The Balaban J connectivity index is 1.64. The minimum absolute atomic E-state index is 0.0907. The highest BCUT2D eigenvalue weighted by molar-refractivity contribution is 5.98. The number of phenolic OH excluding ortho intramolecular Hbond substituents is 1. The Morgan fingerprint density at radius 1 is 1.15 bits per heavy atom. The molecular weight excluding hydrogens is 342 g/mol. The van der Waals surface area contributed by atoms with Crippen molar-refractivity contribution >= 4 is 17.6 Å². The summed E-state index contributed by atoms with van der Waals surface area (Å²) < 4.78 is 20.6. The van der Waals surface area contributed by atoms with Gasteiger partial charge in [-0.1, -0.05) is 0 Å². The smallest absolute Gasteiger partial charge is 0.342 e. The van der Waals surface area contributed by atoms with Crippen LogP contribution in [0.5, 0.6) is 23.0 Å². The molecule has 26 heavy (non-hydrogen) atoms. The number of methoxy groups -OCH3 is 1. The zero-order chi connectivity index (χ0) is 18.7. The Morgan fingerprint density at radius 3 is 2.69 bits per heavy atom. The molecule has 1 aliphatic rings. The number of ether oxygens (including phenoxy) is 4. The van der Waals surface area contributed by atoms with Crippen molar-refractivity contribution in [2.45, 2.75) is 13.0 Å². The summed E-state index contributed by atoms with van der Waals surface area (Å²) in [6.07, 6.45) is -1.08. The third-order valence-electron chi connectivity index (χ3n) is 3.72. The van der Waals surface area contributed by atoms with E-state index in [9.17, 15) is 14.7 Å². The van der Waals surface area contributed by atoms with Crippen LogP contribution in [0.3, 0.4) is 0 Å². The first kappa shape index (κ1) is 17.4. The zero-order valence-electron chi connectivity index (χ0n) is 14.1. The fourth-order valence-corrected chi connectivity index (χ4v) is 2.30. The number of carbonyl (C=O) groups excluding carboxylic acids is 2. The Bertz CT molecular complexity index is 849. The van der Waals surface area contributed by atoms with Gasteiger partial charge < -0.3 is 29.4 Å². The second-order valence-corrected chi connectivity index (χ2v) is 5.49. The van der Waals surface area contributed by atoms with Crippen LogP contribution in [0.25, 0.3) is 0 Å². The van der Waals surface area contributed by atoms with E-state index in [-0.39, 0.29) is 18.1 Å². The van der Waals surface area contributed by atoms with E-state index in [1.807, 2.05) is 0 Å². The number of esters is 1. The Hall–Kier alpha value is -3.42. The van der Waals surface area contributed by atoms with Crippen molar-refractivity contribution in [2.24, 2.45) is 0 Å². The molecule has 0 saturated heterocycles. The lowest BCUT2D eigenvalue weighted by atomic mass is 10.2. The number of hydrogen-bond acceptors (Lipinski definition) is 7. The minimum Gasteiger partial charge on any atom is -0.507 e. The highest BCUT2D eigenvalue weighted by Crippen LogP contribution is 2.34. The first-order valence-corrected chi connectivity index (χ1v) is 7.76. The number of anilines is 1. The van der Waals surface area contributed by atoms with Gasteiger partial charge in [0, 0.05) is 11.8 Å². The normalized spacial score (nSPS) is 13.0. The molecule has 2 aromatic rings. The number of phenols is 1. The molecule has 1 amide bonds. The number of amides is 1. The predicted molar refractivity (Wildman–Crippen MR) is 90.7 cm³/mol. The van der Waals surface area contributed by atoms with Crippen molar-refractivity contribution in [3.05, 3.63) is 42.0 Å². The van der Waals surface area contributed by atoms with Gasteiger partial charge in [0.15, 0.2) is 17.6 Å². The largest absolute Gasteiger partial charge is 0.507 e. The molecule has 1 aliphatic heterocycles. The van der Waals surface area contributed by atoms with Gasteiger partial charge in [-0.25, -0.2) is 4.79 Å². The summed E-state index contributed by atoms with van der Waals surface area (Å²) in [6, 6.07) is 9.08. The number of nitrogens with one attached hydrogen (secondary N) is 1. The molecule has 8 heteroatoms. The molecule has 0 radical (unpaired) electrons. The number of rotatable bonds is 5. The van der Waals surface area contributed by atoms with E-state index in [1.165, 1.54) is 32.2 Å². The Morgan fingerprint density at radius 2 is 1.92 bits per heavy atom. The van der Waals surface area contributed by atoms with Gasteiger partial charge in [-0.15, -0.1) is 0 Å². The average Bonchev–Trinajstić information content (AvgIpc) is 3.09. The van der Waals surface area contributed by atoms with Crippen molar-refractivity contribution in [1.29, 1.82) is 0 Å². The van der Waals surface area contributed by atoms with Gasteiger partial charge in [0.25, 0.3) is 5.91 Å². The fourth-order valence-electron chi connectivity index (χ4n) is 2.30. The maximum absolute atomic E-state index is 12.2. The van der Waals surface area contributed by atoms with Crippen LogP contribution in [0.4, 0.5) is 5.69 Å². The summed E-state index contributed by atoms with van der Waals surface area (Å²) >= 11 is 0. The van der Waals surface area contributed by atoms with Gasteiger partial charge in [-0.05, 0) is 37.3 Å². The topological polar surface area (TPSA) is 103 Å². The van der Waals surface area contributed by atoms with Gasteiger partial charge in [0.2, 0.25) is 6.79 Å². The minimum atomic E-state index is -1.08. The van der Waals surface area contributed by atoms with E-state index >= 15 is 0 Å². The lowest BCUT2D eigenvalue weighted by Crippen LogP contribution is -2.30. The summed E-state index contributed by atoms with van der Waals surface area (Å²) in [6.45, 7) is 1.56. The Labute approximate surface area is 149 Å². The van der Waals surface area contributed by atoms with Crippen LogP contribution in [-0.4, -0.2) is 37.0 Å². The molecule has 0 aromatic heterocycles. The molecule has 136 valence electrons. The molecule has 0 saturated carbocycles. The number of benzene rings is 2. The molecule has 0 fully saturated rings. The van der Waals surface area contributed by atoms with Gasteiger partial charge >= 0.3 is 5.97 Å². The summed E-state index contributed by atoms with van der Waals surface area (Å²) in [7, 11) is 1.43. The number of aromatic hydroxyl groups is 1. The summed E-state index contributed by atoms with van der Waals surface area (Å²) in [5.41, 5.74) is 0.387. The summed E-state index contributed by atoms with van der Waals surface area (Å²) in [5.74, 6) is -0.134. The van der Waals surface area contributed by atoms with Crippen molar-refractivity contribution in [1.82, 2.24) is 0 Å². The van der Waals surface area contributed by atoms with Gasteiger partial charge in [0.05, 0.1) is 7.11 Å². The van der Waals surface area contributed by atoms with Gasteiger partial charge in [-0.2, -0.15) is 0 Å². The first-order chi connectivity index (χ1) is 12.5. The highest BCUT2D eigenvalue weighted by Gasteiger charge is 2.22. The molecule has 1 atom stereocenters. The van der Waals surface area contributed by atoms with Crippen LogP contribution < -0.4 is 19.5 Å². The molecule has 3 rings (SSSR count). The van der Waals surface area contributed by atoms with E-state index in [0.717, 1.165) is 0 Å². The maximum Gasteiger partial charge on any atom is 0.342 e. The molecule has 0 aliphatic carbocycles. The second kappa shape index (κ2) is 7.22. The van der Waals surface area contributed by atoms with Gasteiger partial charge in [-0.3, -0.25) is 4.79 Å². The Kier molecular flexibility index (Phi) is 4.83. The molecular formula is C18H17NO7. The average molecular weight is 359 g/mol. The molecule has 1 unspecified atom stereocenters. The standard InChI is InChI=1S/C18H17NO7/c1-10(26-18(22)13-8-12(23-2)4-5-14(13)20)17(21)19-11-3-6-15-16(7-11)25-9-24-15/h3-8,10,20H,9H2,1-2H3,(H,19,21). The van der Waals surface area contributed by atoms with Crippen LogP contribution in [0.15, 0.2) is 36.4 Å². The molecule has 0 spiro atoms. The lowest BCUT2D eigenvalue weighted by Gasteiger charge is -2.14. The molecule has 0 bridgehead atoms. The second-order valence-electron chi connectivity index (χ2n) is 5.49. The van der Waals surface area contributed by atoms with Crippen molar-refractivity contribution in [3.8, 4) is 23.0 Å². The predicted octanol–water partition coefficient (Wildman–Crippen LogP) is 2.31. The number of fused-ring (bicyclic) bond motifs is 1. The van der Waals surface area contributed by atoms with Crippen LogP contribution in [-0.2, 0) is 9.53 Å². The first-order valence-electron chi connectivity index (χ1n) is 7.76. The molecule has 8 nitrogen and oxygen atoms in total. The third kappa shape index (κ3) is 3.64. The lowest BCUT2D eigenvalue weighted by molar-refractivity contribution is -0.123. The third-order valence-corrected chi connectivity index (χ3v) is 3.72. The van der Waals surface area contributed by atoms with E-state index in [1.54, 1.807) is 18.2 Å². The molecule has 2 N–H and O–H groups in total. The summed E-state index contributed by atoms with van der Waals surface area (Å²) in [4.78, 5) is 24.4. The zero-order valence-corrected chi connectivity index (χ0v) is 14.1. The molecule has 2 aromatic carbocycles. The van der Waals surface area contributed by atoms with Crippen LogP contribution >= 0.6 is 0 Å². The highest BCUT2D eigenvalue weighted by atomic mass is 16.7. The van der Waals surface area contributed by atoms with Crippen LogP contribution in [0.2, 0.25) is 0 Å². The van der Waals surface area contributed by atoms with Crippen molar-refractivity contribution in [2.75, 3.05) is 19.2 Å². The van der Waals surface area contributed by atoms with Crippen molar-refractivity contribution in [3.63, 3.8) is 0 Å². The number of hydrogen-bond donors (Lipinski definition) is 2. The van der Waals surface area contributed by atoms with E-state index in [0.29, 0.717) is 22.9 Å². The quantitative estimate of drug-likeness (QED) is 0.790. The summed E-state index contributed by atoms with van der Waals surface area (Å²) in [5, 5.41) is 12.4. The monoisotopic (exact) mass is 359 g/mol. The fraction of sp³-hybridized carbons (Fsp3) is 0.222. The van der Waals surface area contributed by atoms with E-state index < -0.39 is 18.0 Å². The molecule has 1 heterocycles. The van der Waals surface area contributed by atoms with Crippen LogP contribution in [0.1, 0.15) is 17.3 Å². The van der Waals surface area contributed by atoms with E-state index in [4.69, 9.17) is 18.9 Å². The van der Waals surface area contributed by atoms with E-state index in [2.05, 4.69) is 5.32 Å². The number of carbonyl (C=O) groups is 2. The van der Waals surface area contributed by atoms with Crippen LogP contribution in [0, 0.1) is 0 Å². The van der Waals surface area contributed by atoms with Crippen molar-refractivity contribution < 1.29 is 33.6 Å². The SMILES string of the molecule is COc1ccc(O)c(C(=O)OC(C)C(=O)Nc2ccc3c(c2)OCO3)c1.